The van der Waals surface area contributed by atoms with Crippen LogP contribution in [0.3, 0.4) is 0 Å². The highest BCUT2D eigenvalue weighted by Crippen LogP contribution is 2.29. The van der Waals surface area contributed by atoms with Crippen LogP contribution in [0.4, 0.5) is 0 Å². The summed E-state index contributed by atoms with van der Waals surface area (Å²) in [4.78, 5) is 14.5. The predicted molar refractivity (Wildman–Crippen MR) is 79.2 cm³/mol. The third-order valence-electron chi connectivity index (χ3n) is 4.48. The molecule has 0 N–H and O–H groups in total. The van der Waals surface area contributed by atoms with Crippen LogP contribution < -0.4 is 0 Å². The first kappa shape index (κ1) is 16.5. The average molecular weight is 269 g/mol. The molecule has 19 heavy (non-hydrogen) atoms. The molecule has 0 unspecified atom stereocenters. The second-order valence-corrected chi connectivity index (χ2v) is 5.74. The highest BCUT2D eigenvalue weighted by molar-refractivity contribution is 5.76. The molecule has 1 amide bonds. The molecule has 0 aliphatic heterocycles. The van der Waals surface area contributed by atoms with E-state index in [2.05, 4.69) is 18.7 Å². The summed E-state index contributed by atoms with van der Waals surface area (Å²) in [5.41, 5.74) is 0. The molecule has 3 heteroatoms. The van der Waals surface area contributed by atoms with Crippen molar-refractivity contribution < 1.29 is 9.53 Å². The van der Waals surface area contributed by atoms with Crippen molar-refractivity contribution in [2.24, 2.45) is 5.92 Å². The Labute approximate surface area is 118 Å². The van der Waals surface area contributed by atoms with Crippen molar-refractivity contribution in [2.45, 2.75) is 71.3 Å². The van der Waals surface area contributed by atoms with Gasteiger partial charge in [0, 0.05) is 26.1 Å². The first-order valence-electron chi connectivity index (χ1n) is 8.01. The molecule has 1 rings (SSSR count). The maximum atomic E-state index is 12.4. The fourth-order valence-corrected chi connectivity index (χ4v) is 3.20. The van der Waals surface area contributed by atoms with E-state index in [0.29, 0.717) is 18.6 Å². The Hall–Kier alpha value is -0.570. The molecule has 0 heterocycles. The number of methoxy groups -OCH3 is 1. The van der Waals surface area contributed by atoms with Gasteiger partial charge >= 0.3 is 0 Å². The van der Waals surface area contributed by atoms with Crippen LogP contribution in [0.5, 0.6) is 0 Å². The van der Waals surface area contributed by atoms with Crippen molar-refractivity contribution in [1.29, 1.82) is 0 Å². The van der Waals surface area contributed by atoms with Crippen molar-refractivity contribution in [1.82, 2.24) is 4.90 Å². The summed E-state index contributed by atoms with van der Waals surface area (Å²) in [6.07, 6.45) is 9.27. The lowest BCUT2D eigenvalue weighted by Gasteiger charge is -2.31. The molecule has 0 saturated heterocycles. The number of nitrogens with zero attached hydrogens (tertiary/aromatic N) is 1. The van der Waals surface area contributed by atoms with Crippen LogP contribution in [0, 0.1) is 5.92 Å². The Kier molecular flexibility index (Phi) is 8.11. The Morgan fingerprint density at radius 1 is 1.26 bits per heavy atom. The van der Waals surface area contributed by atoms with Crippen LogP contribution in [-0.4, -0.2) is 37.1 Å². The van der Waals surface area contributed by atoms with Crippen molar-refractivity contribution in [3.63, 3.8) is 0 Å². The molecule has 1 aliphatic carbocycles. The van der Waals surface area contributed by atoms with E-state index >= 15 is 0 Å². The van der Waals surface area contributed by atoms with Crippen LogP contribution in [0.15, 0.2) is 0 Å². The SMILES string of the molecule is CCC(CC)N(CCOC)C(=O)CCC1CCCC1. The van der Waals surface area contributed by atoms with Gasteiger partial charge in [-0.15, -0.1) is 0 Å². The van der Waals surface area contributed by atoms with Crippen LogP contribution >= 0.6 is 0 Å². The Bertz CT molecular complexity index is 245. The monoisotopic (exact) mass is 269 g/mol. The summed E-state index contributed by atoms with van der Waals surface area (Å²) >= 11 is 0. The molecule has 0 aromatic rings. The van der Waals surface area contributed by atoms with Gasteiger partial charge < -0.3 is 9.64 Å². The van der Waals surface area contributed by atoms with E-state index in [1.807, 2.05) is 0 Å². The normalized spacial score (nSPS) is 16.2. The summed E-state index contributed by atoms with van der Waals surface area (Å²) in [5, 5.41) is 0. The third-order valence-corrected chi connectivity index (χ3v) is 4.48. The van der Waals surface area contributed by atoms with Crippen LogP contribution in [-0.2, 0) is 9.53 Å². The molecular formula is C16H31NO2. The molecule has 0 atom stereocenters. The Morgan fingerprint density at radius 2 is 1.89 bits per heavy atom. The zero-order valence-corrected chi connectivity index (χ0v) is 13.0. The fraction of sp³-hybridized carbons (Fsp3) is 0.938. The Balaban J connectivity index is 2.44. The molecular weight excluding hydrogens is 238 g/mol. The summed E-state index contributed by atoms with van der Waals surface area (Å²) in [5.74, 6) is 1.13. The molecule has 0 bridgehead atoms. The van der Waals surface area contributed by atoms with Gasteiger partial charge in [0.05, 0.1) is 6.61 Å². The lowest BCUT2D eigenvalue weighted by molar-refractivity contribution is -0.134. The largest absolute Gasteiger partial charge is 0.383 e. The number of carbonyl (C=O) groups excluding carboxylic acids is 1. The topological polar surface area (TPSA) is 29.5 Å². The second-order valence-electron chi connectivity index (χ2n) is 5.74. The van der Waals surface area contributed by atoms with E-state index in [-0.39, 0.29) is 0 Å². The van der Waals surface area contributed by atoms with Crippen molar-refractivity contribution in [3.8, 4) is 0 Å². The summed E-state index contributed by atoms with van der Waals surface area (Å²) < 4.78 is 5.15. The molecule has 1 fully saturated rings. The van der Waals surface area contributed by atoms with Crippen LogP contribution in [0.1, 0.15) is 65.2 Å². The molecule has 1 aliphatic rings. The smallest absolute Gasteiger partial charge is 0.222 e. The van der Waals surface area contributed by atoms with Gasteiger partial charge in [0.2, 0.25) is 5.91 Å². The molecule has 112 valence electrons. The first-order valence-corrected chi connectivity index (χ1v) is 8.01. The average Bonchev–Trinajstić information content (AvgIpc) is 2.94. The number of ether oxygens (including phenoxy) is 1. The summed E-state index contributed by atoms with van der Waals surface area (Å²) in [7, 11) is 1.70. The highest BCUT2D eigenvalue weighted by Gasteiger charge is 2.22. The standard InChI is InChI=1S/C16H31NO2/c1-4-15(5-2)17(12-13-19-3)16(18)11-10-14-8-6-7-9-14/h14-15H,4-13H2,1-3H3. The number of hydrogen-bond donors (Lipinski definition) is 0. The number of amides is 1. The minimum absolute atomic E-state index is 0.331. The molecule has 0 aromatic heterocycles. The second kappa shape index (κ2) is 9.35. The fourth-order valence-electron chi connectivity index (χ4n) is 3.20. The van der Waals surface area contributed by atoms with Gasteiger partial charge in [0.1, 0.15) is 0 Å². The van der Waals surface area contributed by atoms with E-state index in [9.17, 15) is 4.79 Å². The summed E-state index contributed by atoms with van der Waals surface area (Å²) in [6, 6.07) is 0.381. The molecule has 0 spiro atoms. The zero-order valence-electron chi connectivity index (χ0n) is 13.0. The van der Waals surface area contributed by atoms with E-state index < -0.39 is 0 Å². The van der Waals surface area contributed by atoms with E-state index in [4.69, 9.17) is 4.74 Å². The van der Waals surface area contributed by atoms with Gasteiger partial charge in [-0.25, -0.2) is 0 Å². The number of rotatable bonds is 9. The summed E-state index contributed by atoms with van der Waals surface area (Å²) in [6.45, 7) is 5.72. The van der Waals surface area contributed by atoms with Gasteiger partial charge in [-0.2, -0.15) is 0 Å². The molecule has 1 saturated carbocycles. The van der Waals surface area contributed by atoms with Gasteiger partial charge in [0.15, 0.2) is 0 Å². The lowest BCUT2D eigenvalue weighted by atomic mass is 10.0. The van der Waals surface area contributed by atoms with E-state index in [1.54, 1.807) is 7.11 Å². The van der Waals surface area contributed by atoms with E-state index in [1.165, 1.54) is 25.7 Å². The molecule has 3 nitrogen and oxygen atoms in total. The van der Waals surface area contributed by atoms with Crippen LogP contribution in [0.2, 0.25) is 0 Å². The first-order chi connectivity index (χ1) is 9.22. The minimum Gasteiger partial charge on any atom is -0.383 e. The molecule has 0 radical (unpaired) electrons. The van der Waals surface area contributed by atoms with Crippen LogP contribution in [0.25, 0.3) is 0 Å². The minimum atomic E-state index is 0.331. The Morgan fingerprint density at radius 3 is 2.42 bits per heavy atom. The van der Waals surface area contributed by atoms with Gasteiger partial charge in [0.25, 0.3) is 0 Å². The predicted octanol–water partition coefficient (Wildman–Crippen LogP) is 3.62. The molecule has 0 aromatic carbocycles. The highest BCUT2D eigenvalue weighted by atomic mass is 16.5. The lowest BCUT2D eigenvalue weighted by Crippen LogP contribution is -2.41. The maximum absolute atomic E-state index is 12.4. The zero-order chi connectivity index (χ0) is 14.1. The van der Waals surface area contributed by atoms with E-state index in [0.717, 1.165) is 38.1 Å². The van der Waals surface area contributed by atoms with Crippen molar-refractivity contribution in [3.05, 3.63) is 0 Å². The number of carbonyl (C=O) groups is 1. The quantitative estimate of drug-likeness (QED) is 0.640. The number of hydrogen-bond acceptors (Lipinski definition) is 2. The van der Waals surface area contributed by atoms with Gasteiger partial charge in [-0.1, -0.05) is 39.5 Å². The maximum Gasteiger partial charge on any atom is 0.222 e. The van der Waals surface area contributed by atoms with Gasteiger partial charge in [-0.05, 0) is 25.2 Å². The van der Waals surface area contributed by atoms with Gasteiger partial charge in [-0.3, -0.25) is 4.79 Å². The third kappa shape index (κ3) is 5.52. The van der Waals surface area contributed by atoms with Crippen molar-refractivity contribution in [2.75, 3.05) is 20.3 Å². The van der Waals surface area contributed by atoms with Crippen molar-refractivity contribution >= 4 is 5.91 Å².